The van der Waals surface area contributed by atoms with Crippen LogP contribution in [-0.2, 0) is 11.2 Å². The molecular weight excluding hydrogens is 300 g/mol. The van der Waals surface area contributed by atoms with Crippen molar-refractivity contribution in [2.75, 3.05) is 24.7 Å². The van der Waals surface area contributed by atoms with Crippen molar-refractivity contribution in [3.63, 3.8) is 0 Å². The van der Waals surface area contributed by atoms with Gasteiger partial charge in [-0.25, -0.2) is 0 Å². The molecule has 122 valence electrons. The van der Waals surface area contributed by atoms with Crippen molar-refractivity contribution in [1.82, 2.24) is 10.1 Å². The van der Waals surface area contributed by atoms with Crippen LogP contribution in [0.3, 0.4) is 0 Å². The molecule has 5 nitrogen and oxygen atoms in total. The molecule has 22 heavy (non-hydrogen) atoms. The van der Waals surface area contributed by atoms with Crippen molar-refractivity contribution in [1.29, 1.82) is 0 Å². The molecule has 0 saturated carbocycles. The Labute approximate surface area is 135 Å². The van der Waals surface area contributed by atoms with Crippen molar-refractivity contribution in [2.24, 2.45) is 0 Å². The first-order valence-electron chi connectivity index (χ1n) is 8.16. The number of amides is 1. The summed E-state index contributed by atoms with van der Waals surface area (Å²) < 4.78 is 11.0. The summed E-state index contributed by atoms with van der Waals surface area (Å²) >= 11 is 1.92. The molecule has 0 aromatic carbocycles. The zero-order valence-corrected chi connectivity index (χ0v) is 14.2. The molecule has 0 spiro atoms. The number of rotatable bonds is 5. The Bertz CT molecular complexity index is 519. The number of ether oxygens (including phenoxy) is 1. The van der Waals surface area contributed by atoms with E-state index in [0.29, 0.717) is 30.3 Å². The van der Waals surface area contributed by atoms with E-state index in [9.17, 15) is 4.79 Å². The SMILES string of the molecule is CCc1noc(C)c1C(=O)N(C[C@H]1CCCO1)[C@H]1CCSC1. The van der Waals surface area contributed by atoms with E-state index in [4.69, 9.17) is 9.26 Å². The van der Waals surface area contributed by atoms with E-state index < -0.39 is 0 Å². The van der Waals surface area contributed by atoms with Gasteiger partial charge in [-0.15, -0.1) is 0 Å². The van der Waals surface area contributed by atoms with E-state index in [1.807, 2.05) is 30.5 Å². The quantitative estimate of drug-likeness (QED) is 0.833. The van der Waals surface area contributed by atoms with Gasteiger partial charge in [-0.1, -0.05) is 12.1 Å². The number of thioether (sulfide) groups is 1. The summed E-state index contributed by atoms with van der Waals surface area (Å²) in [4.78, 5) is 15.2. The Morgan fingerprint density at radius 2 is 2.32 bits per heavy atom. The lowest BCUT2D eigenvalue weighted by Crippen LogP contribution is -2.45. The summed E-state index contributed by atoms with van der Waals surface area (Å²) in [6, 6.07) is 0.306. The number of hydrogen-bond acceptors (Lipinski definition) is 5. The van der Waals surface area contributed by atoms with Gasteiger partial charge in [0.05, 0.1) is 11.8 Å². The topological polar surface area (TPSA) is 55.6 Å². The minimum atomic E-state index is 0.0681. The molecule has 2 aliphatic heterocycles. The van der Waals surface area contributed by atoms with Gasteiger partial charge in [0, 0.05) is 24.9 Å². The monoisotopic (exact) mass is 324 g/mol. The first kappa shape index (κ1) is 15.9. The first-order chi connectivity index (χ1) is 10.7. The van der Waals surface area contributed by atoms with Gasteiger partial charge >= 0.3 is 0 Å². The maximum absolute atomic E-state index is 13.1. The van der Waals surface area contributed by atoms with Crippen LogP contribution in [-0.4, -0.2) is 52.8 Å². The Balaban J connectivity index is 1.83. The fraction of sp³-hybridized carbons (Fsp3) is 0.750. The van der Waals surface area contributed by atoms with Gasteiger partial charge in [0.2, 0.25) is 0 Å². The van der Waals surface area contributed by atoms with E-state index in [1.54, 1.807) is 0 Å². The summed E-state index contributed by atoms with van der Waals surface area (Å²) in [6.07, 6.45) is 4.10. The Morgan fingerprint density at radius 1 is 1.45 bits per heavy atom. The van der Waals surface area contributed by atoms with Crippen molar-refractivity contribution in [2.45, 2.75) is 51.7 Å². The fourth-order valence-electron chi connectivity index (χ4n) is 3.25. The molecule has 2 saturated heterocycles. The van der Waals surface area contributed by atoms with Gasteiger partial charge in [-0.05, 0) is 38.4 Å². The van der Waals surface area contributed by atoms with Crippen LogP contribution in [0.5, 0.6) is 0 Å². The van der Waals surface area contributed by atoms with E-state index in [-0.39, 0.29) is 12.0 Å². The highest BCUT2D eigenvalue weighted by atomic mass is 32.2. The minimum absolute atomic E-state index is 0.0681. The number of hydrogen-bond donors (Lipinski definition) is 0. The number of nitrogens with zero attached hydrogens (tertiary/aromatic N) is 2. The summed E-state index contributed by atoms with van der Waals surface area (Å²) in [5.41, 5.74) is 1.43. The van der Waals surface area contributed by atoms with Crippen LogP contribution in [0.2, 0.25) is 0 Å². The van der Waals surface area contributed by atoms with Gasteiger partial charge in [-0.3, -0.25) is 4.79 Å². The highest BCUT2D eigenvalue weighted by Crippen LogP contribution is 2.27. The fourth-order valence-corrected chi connectivity index (χ4v) is 4.47. The van der Waals surface area contributed by atoms with Crippen LogP contribution in [0, 0.1) is 6.92 Å². The van der Waals surface area contributed by atoms with Gasteiger partial charge in [0.1, 0.15) is 11.3 Å². The van der Waals surface area contributed by atoms with Gasteiger partial charge in [-0.2, -0.15) is 11.8 Å². The average molecular weight is 324 g/mol. The van der Waals surface area contributed by atoms with E-state index in [2.05, 4.69) is 5.16 Å². The number of carbonyl (C=O) groups is 1. The molecule has 0 N–H and O–H groups in total. The largest absolute Gasteiger partial charge is 0.376 e. The molecule has 1 aromatic rings. The highest BCUT2D eigenvalue weighted by Gasteiger charge is 2.33. The van der Waals surface area contributed by atoms with E-state index in [1.165, 1.54) is 0 Å². The Hall–Kier alpha value is -1.01. The normalized spacial score (nSPS) is 24.8. The molecule has 0 radical (unpaired) electrons. The third-order valence-electron chi connectivity index (χ3n) is 4.51. The zero-order chi connectivity index (χ0) is 15.5. The third-order valence-corrected chi connectivity index (χ3v) is 5.66. The molecule has 0 aliphatic carbocycles. The summed E-state index contributed by atoms with van der Waals surface area (Å²) in [5.74, 6) is 2.84. The predicted octanol–water partition coefficient (Wildman–Crippen LogP) is 2.67. The van der Waals surface area contributed by atoms with Crippen LogP contribution in [0.25, 0.3) is 0 Å². The van der Waals surface area contributed by atoms with Crippen LogP contribution >= 0.6 is 11.8 Å². The Kier molecular flexibility index (Phi) is 5.08. The predicted molar refractivity (Wildman–Crippen MR) is 86.4 cm³/mol. The molecule has 2 aliphatic rings. The summed E-state index contributed by atoms with van der Waals surface area (Å²) in [7, 11) is 0. The van der Waals surface area contributed by atoms with Crippen molar-refractivity contribution >= 4 is 17.7 Å². The number of carbonyl (C=O) groups excluding carboxylic acids is 1. The molecular formula is C16H24N2O3S. The maximum atomic E-state index is 13.1. The standard InChI is InChI=1S/C16H24N2O3S/c1-3-14-15(11(2)21-17-14)16(19)18(12-6-8-22-10-12)9-13-5-4-7-20-13/h12-13H,3-10H2,1-2H3/t12-,13+/m0/s1. The molecule has 2 atom stereocenters. The van der Waals surface area contributed by atoms with Crippen LogP contribution < -0.4 is 0 Å². The average Bonchev–Trinajstić information content (AvgIpc) is 3.25. The molecule has 3 heterocycles. The molecule has 0 unspecified atom stereocenters. The number of aromatic nitrogens is 1. The molecule has 3 rings (SSSR count). The maximum Gasteiger partial charge on any atom is 0.259 e. The van der Waals surface area contributed by atoms with E-state index in [0.717, 1.165) is 43.1 Å². The second-order valence-corrected chi connectivity index (χ2v) is 7.17. The lowest BCUT2D eigenvalue weighted by Gasteiger charge is -2.30. The van der Waals surface area contributed by atoms with Crippen LogP contribution in [0.15, 0.2) is 4.52 Å². The Morgan fingerprint density at radius 3 is 2.95 bits per heavy atom. The van der Waals surface area contributed by atoms with Crippen LogP contribution in [0.1, 0.15) is 48.0 Å². The lowest BCUT2D eigenvalue weighted by molar-refractivity contribution is 0.0439. The molecule has 2 fully saturated rings. The van der Waals surface area contributed by atoms with Gasteiger partial charge < -0.3 is 14.2 Å². The number of aryl methyl sites for hydroxylation is 2. The molecule has 6 heteroatoms. The molecule has 0 bridgehead atoms. The molecule has 1 amide bonds. The lowest BCUT2D eigenvalue weighted by atomic mass is 10.1. The zero-order valence-electron chi connectivity index (χ0n) is 13.3. The minimum Gasteiger partial charge on any atom is -0.376 e. The van der Waals surface area contributed by atoms with Crippen molar-refractivity contribution < 1.29 is 14.1 Å². The second-order valence-electron chi connectivity index (χ2n) is 6.02. The van der Waals surface area contributed by atoms with Gasteiger partial charge in [0.15, 0.2) is 0 Å². The van der Waals surface area contributed by atoms with Crippen molar-refractivity contribution in [3.8, 4) is 0 Å². The highest BCUT2D eigenvalue weighted by molar-refractivity contribution is 7.99. The third kappa shape index (κ3) is 3.18. The summed E-state index contributed by atoms with van der Waals surface area (Å²) in [5, 5.41) is 4.04. The van der Waals surface area contributed by atoms with Gasteiger partial charge in [0.25, 0.3) is 5.91 Å². The molecule has 1 aromatic heterocycles. The summed E-state index contributed by atoms with van der Waals surface area (Å²) in [6.45, 7) is 5.34. The van der Waals surface area contributed by atoms with E-state index >= 15 is 0 Å². The smallest absolute Gasteiger partial charge is 0.259 e. The van der Waals surface area contributed by atoms with Crippen molar-refractivity contribution in [3.05, 3.63) is 17.0 Å². The first-order valence-corrected chi connectivity index (χ1v) is 9.31. The van der Waals surface area contributed by atoms with Crippen LogP contribution in [0.4, 0.5) is 0 Å². The second kappa shape index (κ2) is 7.04.